The number of likely N-dealkylation sites (tertiary alicyclic amines) is 1. The highest BCUT2D eigenvalue weighted by Crippen LogP contribution is 2.17. The van der Waals surface area contributed by atoms with Crippen molar-refractivity contribution in [2.45, 2.75) is 25.0 Å². The first-order valence-electron chi connectivity index (χ1n) is 4.42. The smallest absolute Gasteiger partial charge is 0.244 e. The summed E-state index contributed by atoms with van der Waals surface area (Å²) in [4.78, 5) is 24.0. The zero-order valence-corrected chi connectivity index (χ0v) is 7.19. The molecule has 0 radical (unpaired) electrons. The van der Waals surface area contributed by atoms with E-state index in [2.05, 4.69) is 5.32 Å². The van der Waals surface area contributed by atoms with E-state index < -0.39 is 0 Å². The third-order valence-electron chi connectivity index (χ3n) is 2.58. The minimum atomic E-state index is -0.344. The fourth-order valence-electron chi connectivity index (χ4n) is 1.89. The van der Waals surface area contributed by atoms with E-state index in [9.17, 15) is 14.7 Å². The van der Waals surface area contributed by atoms with Crippen LogP contribution in [0.4, 0.5) is 0 Å². The highest BCUT2D eigenvalue weighted by molar-refractivity contribution is 6.05. The molecule has 2 aliphatic heterocycles. The molecule has 2 heterocycles. The van der Waals surface area contributed by atoms with E-state index in [1.807, 2.05) is 4.90 Å². The molecule has 72 valence electrons. The normalized spacial score (nSPS) is 35.5. The Hall–Kier alpha value is -0.940. The average Bonchev–Trinajstić information content (AvgIpc) is 2.58. The van der Waals surface area contributed by atoms with Gasteiger partial charge in [-0.2, -0.15) is 0 Å². The second-order valence-electron chi connectivity index (χ2n) is 3.57. The number of carbonyl (C=O) groups is 2. The third kappa shape index (κ3) is 1.57. The molecule has 2 unspecified atom stereocenters. The molecule has 2 atom stereocenters. The molecule has 5 heteroatoms. The number of imide groups is 1. The van der Waals surface area contributed by atoms with Crippen LogP contribution in [0.5, 0.6) is 0 Å². The van der Waals surface area contributed by atoms with Gasteiger partial charge >= 0.3 is 0 Å². The van der Waals surface area contributed by atoms with Gasteiger partial charge < -0.3 is 5.11 Å². The van der Waals surface area contributed by atoms with Crippen LogP contribution in [-0.2, 0) is 9.59 Å². The molecule has 2 rings (SSSR count). The second kappa shape index (κ2) is 3.08. The summed E-state index contributed by atoms with van der Waals surface area (Å²) in [5.41, 5.74) is 0. The Bertz CT molecular complexity index is 254. The molecule has 2 aliphatic rings. The largest absolute Gasteiger partial charge is 0.392 e. The minimum absolute atomic E-state index is 0.212. The highest BCUT2D eigenvalue weighted by atomic mass is 16.3. The number of rotatable bonds is 1. The van der Waals surface area contributed by atoms with Gasteiger partial charge in [0.2, 0.25) is 11.8 Å². The van der Waals surface area contributed by atoms with E-state index in [0.29, 0.717) is 19.5 Å². The van der Waals surface area contributed by atoms with Crippen LogP contribution < -0.4 is 5.32 Å². The number of aliphatic hydroxyl groups is 1. The van der Waals surface area contributed by atoms with Gasteiger partial charge in [0.25, 0.3) is 0 Å². The molecule has 2 fully saturated rings. The van der Waals surface area contributed by atoms with Crippen LogP contribution in [0.2, 0.25) is 0 Å². The van der Waals surface area contributed by atoms with Crippen molar-refractivity contribution in [2.24, 2.45) is 0 Å². The number of aliphatic hydroxyl groups excluding tert-OH is 1. The lowest BCUT2D eigenvalue weighted by atomic mass is 10.2. The number of hydrogen-bond acceptors (Lipinski definition) is 4. The zero-order chi connectivity index (χ0) is 9.42. The fraction of sp³-hybridized carbons (Fsp3) is 0.750. The van der Waals surface area contributed by atoms with Crippen LogP contribution in [0, 0.1) is 0 Å². The zero-order valence-electron chi connectivity index (χ0n) is 7.19. The maximum absolute atomic E-state index is 11.2. The molecule has 0 aromatic heterocycles. The molecule has 0 saturated carbocycles. The number of nitrogens with zero attached hydrogens (tertiary/aromatic N) is 1. The summed E-state index contributed by atoms with van der Waals surface area (Å²) < 4.78 is 0. The summed E-state index contributed by atoms with van der Waals surface area (Å²) >= 11 is 0. The predicted octanol–water partition coefficient (Wildman–Crippen LogP) is -1.53. The molecule has 13 heavy (non-hydrogen) atoms. The lowest BCUT2D eigenvalue weighted by Gasteiger charge is -2.19. The number of carbonyl (C=O) groups excluding carboxylic acids is 2. The van der Waals surface area contributed by atoms with Gasteiger partial charge in [0.1, 0.15) is 0 Å². The molecule has 0 aromatic carbocycles. The van der Waals surface area contributed by atoms with Gasteiger partial charge in [0.05, 0.1) is 18.6 Å². The lowest BCUT2D eigenvalue weighted by Crippen LogP contribution is -2.39. The van der Waals surface area contributed by atoms with Gasteiger partial charge in [-0.25, -0.2) is 0 Å². The molecular formula is C8H12N2O3. The highest BCUT2D eigenvalue weighted by Gasteiger charge is 2.38. The average molecular weight is 184 g/mol. The quantitative estimate of drug-likeness (QED) is 0.485. The van der Waals surface area contributed by atoms with E-state index in [4.69, 9.17) is 0 Å². The van der Waals surface area contributed by atoms with E-state index in [0.717, 1.165) is 0 Å². The summed E-state index contributed by atoms with van der Waals surface area (Å²) in [6, 6.07) is -0.343. The minimum Gasteiger partial charge on any atom is -0.392 e. The molecule has 0 spiro atoms. The molecule has 2 saturated heterocycles. The number of β-amino-alcohol motifs (C(OH)–C–C–N with tert-alkyl or cyclic N) is 1. The molecular weight excluding hydrogens is 172 g/mol. The molecule has 2 amide bonds. The number of amides is 2. The van der Waals surface area contributed by atoms with Crippen molar-refractivity contribution < 1.29 is 14.7 Å². The van der Waals surface area contributed by atoms with Crippen LogP contribution in [0.15, 0.2) is 0 Å². The fourth-order valence-corrected chi connectivity index (χ4v) is 1.89. The van der Waals surface area contributed by atoms with Crippen molar-refractivity contribution in [2.75, 3.05) is 13.1 Å². The van der Waals surface area contributed by atoms with E-state index in [-0.39, 0.29) is 30.4 Å². The van der Waals surface area contributed by atoms with Gasteiger partial charge in [0.15, 0.2) is 0 Å². The first-order chi connectivity index (χ1) is 6.16. The Labute approximate surface area is 75.7 Å². The second-order valence-corrected chi connectivity index (χ2v) is 3.57. The summed E-state index contributed by atoms with van der Waals surface area (Å²) in [6.45, 7) is 1.21. The summed E-state index contributed by atoms with van der Waals surface area (Å²) in [7, 11) is 0. The first-order valence-corrected chi connectivity index (χ1v) is 4.42. The van der Waals surface area contributed by atoms with Gasteiger partial charge in [-0.1, -0.05) is 0 Å². The molecule has 2 N–H and O–H groups in total. The van der Waals surface area contributed by atoms with Crippen molar-refractivity contribution >= 4 is 11.8 Å². The number of hydrogen-bond donors (Lipinski definition) is 2. The molecule has 0 bridgehead atoms. The molecule has 0 aliphatic carbocycles. The summed E-state index contributed by atoms with van der Waals surface area (Å²) in [5.74, 6) is -0.435. The van der Waals surface area contributed by atoms with Crippen molar-refractivity contribution in [3.8, 4) is 0 Å². The standard InChI is InChI=1S/C8H12N2O3/c11-5-1-2-10(4-5)6-3-7(12)9-8(6)13/h5-6,11H,1-4H2,(H,9,12,13). The van der Waals surface area contributed by atoms with E-state index in [1.54, 1.807) is 0 Å². The Morgan fingerprint density at radius 3 is 2.69 bits per heavy atom. The van der Waals surface area contributed by atoms with Crippen LogP contribution in [0.3, 0.4) is 0 Å². The van der Waals surface area contributed by atoms with Crippen molar-refractivity contribution in [1.29, 1.82) is 0 Å². The van der Waals surface area contributed by atoms with Crippen molar-refractivity contribution in [1.82, 2.24) is 10.2 Å². The van der Waals surface area contributed by atoms with Crippen LogP contribution in [-0.4, -0.2) is 47.1 Å². The Morgan fingerprint density at radius 2 is 2.23 bits per heavy atom. The van der Waals surface area contributed by atoms with E-state index in [1.165, 1.54) is 0 Å². The Morgan fingerprint density at radius 1 is 1.46 bits per heavy atom. The maximum Gasteiger partial charge on any atom is 0.244 e. The lowest BCUT2D eigenvalue weighted by molar-refractivity contribution is -0.126. The van der Waals surface area contributed by atoms with Gasteiger partial charge in [0, 0.05) is 13.1 Å². The predicted molar refractivity (Wildman–Crippen MR) is 43.8 cm³/mol. The van der Waals surface area contributed by atoms with E-state index >= 15 is 0 Å². The van der Waals surface area contributed by atoms with Gasteiger partial charge in [-0.05, 0) is 6.42 Å². The topological polar surface area (TPSA) is 69.6 Å². The number of nitrogens with one attached hydrogen (secondary N) is 1. The van der Waals surface area contributed by atoms with Crippen LogP contribution in [0.25, 0.3) is 0 Å². The Kier molecular flexibility index (Phi) is 2.05. The molecule has 0 aromatic rings. The monoisotopic (exact) mass is 184 g/mol. The van der Waals surface area contributed by atoms with Crippen molar-refractivity contribution in [3.05, 3.63) is 0 Å². The van der Waals surface area contributed by atoms with Crippen molar-refractivity contribution in [3.63, 3.8) is 0 Å². The SMILES string of the molecule is O=C1CC(N2CCC(O)C2)C(=O)N1. The van der Waals surface area contributed by atoms with Gasteiger partial charge in [-0.3, -0.25) is 19.8 Å². The van der Waals surface area contributed by atoms with Gasteiger partial charge in [-0.15, -0.1) is 0 Å². The van der Waals surface area contributed by atoms with Crippen LogP contribution >= 0.6 is 0 Å². The maximum atomic E-state index is 11.2. The first kappa shape index (κ1) is 8.65. The summed E-state index contributed by atoms with van der Waals surface area (Å²) in [6.07, 6.45) is 0.590. The molecule has 5 nitrogen and oxygen atoms in total. The Balaban J connectivity index is 2.01. The third-order valence-corrected chi connectivity index (χ3v) is 2.58. The van der Waals surface area contributed by atoms with Crippen LogP contribution in [0.1, 0.15) is 12.8 Å². The summed E-state index contributed by atoms with van der Waals surface area (Å²) in [5, 5.41) is 11.5.